The van der Waals surface area contributed by atoms with Crippen molar-refractivity contribution >= 4 is 17.5 Å². The number of hydrogen-bond donors (Lipinski definition) is 3. The molecular weight excluding hydrogens is 361 g/mol. The highest BCUT2D eigenvalue weighted by Gasteiger charge is 2.26. The van der Waals surface area contributed by atoms with E-state index in [9.17, 15) is 14.0 Å². The first-order valence-electron chi connectivity index (χ1n) is 9.30. The molecule has 1 saturated heterocycles. The van der Waals surface area contributed by atoms with E-state index < -0.39 is 11.9 Å². The molecule has 1 aliphatic rings. The van der Waals surface area contributed by atoms with Crippen LogP contribution in [0.15, 0.2) is 48.5 Å². The first-order chi connectivity index (χ1) is 13.5. The van der Waals surface area contributed by atoms with Crippen LogP contribution in [-0.4, -0.2) is 31.1 Å². The molecule has 6 nitrogen and oxygen atoms in total. The summed E-state index contributed by atoms with van der Waals surface area (Å²) in [6, 6.07) is 11.9. The lowest BCUT2D eigenvalue weighted by atomic mass is 9.92. The summed E-state index contributed by atoms with van der Waals surface area (Å²) in [6.45, 7) is 1.60. The summed E-state index contributed by atoms with van der Waals surface area (Å²) in [6.07, 6.45) is 1.58. The zero-order valence-corrected chi connectivity index (χ0v) is 15.5. The van der Waals surface area contributed by atoms with E-state index in [-0.39, 0.29) is 17.7 Å². The average Bonchev–Trinajstić information content (AvgIpc) is 2.73. The number of rotatable bonds is 6. The van der Waals surface area contributed by atoms with E-state index in [2.05, 4.69) is 10.6 Å². The number of carbonyl (C=O) groups is 2. The van der Waals surface area contributed by atoms with Gasteiger partial charge in [-0.2, -0.15) is 0 Å². The van der Waals surface area contributed by atoms with Crippen LogP contribution in [0.5, 0.6) is 0 Å². The van der Waals surface area contributed by atoms with Gasteiger partial charge in [0.2, 0.25) is 5.91 Å². The van der Waals surface area contributed by atoms with E-state index >= 15 is 0 Å². The molecular formula is C21H24FN3O3. The minimum Gasteiger partial charge on any atom is -0.381 e. The summed E-state index contributed by atoms with van der Waals surface area (Å²) in [5.74, 6) is -0.779. The highest BCUT2D eigenvalue weighted by Crippen LogP contribution is 2.18. The third kappa shape index (κ3) is 5.37. The number of nitrogens with two attached hydrogens (primary N) is 1. The zero-order chi connectivity index (χ0) is 19.9. The maximum absolute atomic E-state index is 13.0. The standard InChI is InChI=1S/C21H24FN3O3/c22-17-6-4-16(5-7-17)20(26)25-18-3-1-2-14(12-18)13-24-21(27)19(23)15-8-10-28-11-9-15/h1-7,12,15,19H,8-11,13,23H2,(H,24,27)(H,25,26). The molecule has 1 fully saturated rings. The van der Waals surface area contributed by atoms with Gasteiger partial charge in [-0.15, -0.1) is 0 Å². The largest absolute Gasteiger partial charge is 0.381 e. The molecule has 1 aliphatic heterocycles. The number of hydrogen-bond acceptors (Lipinski definition) is 4. The van der Waals surface area contributed by atoms with Gasteiger partial charge < -0.3 is 21.1 Å². The molecule has 0 bridgehead atoms. The molecule has 2 amide bonds. The fraction of sp³-hybridized carbons (Fsp3) is 0.333. The van der Waals surface area contributed by atoms with Crippen molar-refractivity contribution in [3.63, 3.8) is 0 Å². The predicted octanol–water partition coefficient (Wildman–Crippen LogP) is 2.45. The normalized spacial score (nSPS) is 15.6. The lowest BCUT2D eigenvalue weighted by Crippen LogP contribution is -2.46. The zero-order valence-electron chi connectivity index (χ0n) is 15.5. The van der Waals surface area contributed by atoms with Gasteiger partial charge in [0, 0.05) is 31.0 Å². The Morgan fingerprint density at radius 1 is 1.14 bits per heavy atom. The van der Waals surface area contributed by atoms with Crippen LogP contribution in [0.1, 0.15) is 28.8 Å². The summed E-state index contributed by atoms with van der Waals surface area (Å²) in [4.78, 5) is 24.6. The minimum absolute atomic E-state index is 0.134. The average molecular weight is 385 g/mol. The van der Waals surface area contributed by atoms with Gasteiger partial charge in [0.05, 0.1) is 6.04 Å². The van der Waals surface area contributed by atoms with Gasteiger partial charge in [0.25, 0.3) is 5.91 Å². The molecule has 3 rings (SSSR count). The highest BCUT2D eigenvalue weighted by molar-refractivity contribution is 6.04. The Balaban J connectivity index is 1.54. The Bertz CT molecular complexity index is 820. The second kappa shape index (κ2) is 9.43. The van der Waals surface area contributed by atoms with Gasteiger partial charge in [-0.05, 0) is 60.7 Å². The van der Waals surface area contributed by atoms with Gasteiger partial charge in [0.1, 0.15) is 5.82 Å². The lowest BCUT2D eigenvalue weighted by molar-refractivity contribution is -0.124. The van der Waals surface area contributed by atoms with Crippen LogP contribution in [0.3, 0.4) is 0 Å². The van der Waals surface area contributed by atoms with Crippen molar-refractivity contribution in [1.29, 1.82) is 0 Å². The van der Waals surface area contributed by atoms with Crippen molar-refractivity contribution in [2.75, 3.05) is 18.5 Å². The van der Waals surface area contributed by atoms with Crippen molar-refractivity contribution in [2.45, 2.75) is 25.4 Å². The molecule has 1 heterocycles. The molecule has 1 atom stereocenters. The van der Waals surface area contributed by atoms with Crippen LogP contribution in [-0.2, 0) is 16.1 Å². The fourth-order valence-corrected chi connectivity index (χ4v) is 3.16. The van der Waals surface area contributed by atoms with E-state index in [1.54, 1.807) is 18.2 Å². The van der Waals surface area contributed by atoms with Crippen molar-refractivity contribution in [2.24, 2.45) is 11.7 Å². The van der Waals surface area contributed by atoms with Gasteiger partial charge in [-0.1, -0.05) is 12.1 Å². The van der Waals surface area contributed by atoms with Gasteiger partial charge in [-0.3, -0.25) is 9.59 Å². The second-order valence-corrected chi connectivity index (χ2v) is 6.85. The van der Waals surface area contributed by atoms with Crippen molar-refractivity contribution in [3.8, 4) is 0 Å². The van der Waals surface area contributed by atoms with Gasteiger partial charge in [0.15, 0.2) is 0 Å². The summed E-state index contributed by atoms with van der Waals surface area (Å²) < 4.78 is 18.3. The van der Waals surface area contributed by atoms with E-state index in [0.29, 0.717) is 31.0 Å². The molecule has 2 aromatic rings. The van der Waals surface area contributed by atoms with Gasteiger partial charge in [-0.25, -0.2) is 4.39 Å². The molecule has 4 N–H and O–H groups in total. The molecule has 0 spiro atoms. The SMILES string of the molecule is NC(C(=O)NCc1cccc(NC(=O)c2ccc(F)cc2)c1)C1CCOCC1. The van der Waals surface area contributed by atoms with Gasteiger partial charge >= 0.3 is 0 Å². The second-order valence-electron chi connectivity index (χ2n) is 6.85. The first-order valence-corrected chi connectivity index (χ1v) is 9.30. The summed E-state index contributed by atoms with van der Waals surface area (Å²) >= 11 is 0. The Hall–Kier alpha value is -2.77. The number of carbonyl (C=O) groups excluding carboxylic acids is 2. The van der Waals surface area contributed by atoms with Crippen LogP contribution in [0, 0.1) is 11.7 Å². The van der Waals surface area contributed by atoms with Crippen LogP contribution in [0.25, 0.3) is 0 Å². The Labute approximate surface area is 163 Å². The number of anilines is 1. The van der Waals surface area contributed by atoms with E-state index in [1.165, 1.54) is 24.3 Å². The Morgan fingerprint density at radius 2 is 1.86 bits per heavy atom. The molecule has 148 valence electrons. The van der Waals surface area contributed by atoms with E-state index in [1.807, 2.05) is 6.07 Å². The number of ether oxygens (including phenoxy) is 1. The highest BCUT2D eigenvalue weighted by atomic mass is 19.1. The molecule has 0 saturated carbocycles. The Morgan fingerprint density at radius 3 is 2.57 bits per heavy atom. The summed E-state index contributed by atoms with van der Waals surface area (Å²) in [5.41, 5.74) is 7.87. The van der Waals surface area contributed by atoms with E-state index in [4.69, 9.17) is 10.5 Å². The van der Waals surface area contributed by atoms with E-state index in [0.717, 1.165) is 18.4 Å². The molecule has 0 aliphatic carbocycles. The quantitative estimate of drug-likeness (QED) is 0.712. The number of amides is 2. The van der Waals surface area contributed by atoms with Crippen molar-refractivity contribution in [3.05, 3.63) is 65.5 Å². The smallest absolute Gasteiger partial charge is 0.255 e. The Kier molecular flexibility index (Phi) is 6.73. The fourth-order valence-electron chi connectivity index (χ4n) is 3.16. The molecule has 28 heavy (non-hydrogen) atoms. The maximum atomic E-state index is 13.0. The molecule has 0 radical (unpaired) electrons. The van der Waals surface area contributed by atoms with Crippen LogP contribution in [0.2, 0.25) is 0 Å². The monoisotopic (exact) mass is 385 g/mol. The summed E-state index contributed by atoms with van der Waals surface area (Å²) in [5, 5.41) is 5.62. The van der Waals surface area contributed by atoms with Crippen LogP contribution >= 0.6 is 0 Å². The van der Waals surface area contributed by atoms with Crippen LogP contribution in [0.4, 0.5) is 10.1 Å². The number of benzene rings is 2. The topological polar surface area (TPSA) is 93.5 Å². The molecule has 0 aromatic heterocycles. The number of halogens is 1. The number of nitrogens with one attached hydrogen (secondary N) is 2. The first kappa shape index (κ1) is 20.0. The lowest BCUT2D eigenvalue weighted by Gasteiger charge is -2.26. The van der Waals surface area contributed by atoms with Crippen molar-refractivity contribution < 1.29 is 18.7 Å². The summed E-state index contributed by atoms with van der Waals surface area (Å²) in [7, 11) is 0. The predicted molar refractivity (Wildman–Crippen MR) is 104 cm³/mol. The van der Waals surface area contributed by atoms with Crippen molar-refractivity contribution in [1.82, 2.24) is 5.32 Å². The minimum atomic E-state index is -0.551. The third-order valence-electron chi connectivity index (χ3n) is 4.83. The molecule has 7 heteroatoms. The molecule has 1 unspecified atom stereocenters. The molecule has 2 aromatic carbocycles. The van der Waals surface area contributed by atoms with Crippen LogP contribution < -0.4 is 16.4 Å². The third-order valence-corrected chi connectivity index (χ3v) is 4.83. The maximum Gasteiger partial charge on any atom is 0.255 e.